The quantitative estimate of drug-likeness (QED) is 0.570. The third-order valence-electron chi connectivity index (χ3n) is 4.47. The predicted octanol–water partition coefficient (Wildman–Crippen LogP) is 5.01. The Kier molecular flexibility index (Phi) is 6.16. The van der Waals surface area contributed by atoms with Gasteiger partial charge in [0.25, 0.3) is 0 Å². The van der Waals surface area contributed by atoms with Crippen LogP contribution in [-0.4, -0.2) is 29.3 Å². The van der Waals surface area contributed by atoms with Crippen molar-refractivity contribution < 1.29 is 19.4 Å². The van der Waals surface area contributed by atoms with Gasteiger partial charge in [0.05, 0.1) is 12.6 Å². The van der Waals surface area contributed by atoms with Crippen molar-refractivity contribution in [1.29, 1.82) is 0 Å². The van der Waals surface area contributed by atoms with Crippen molar-refractivity contribution in [2.45, 2.75) is 27.3 Å². The van der Waals surface area contributed by atoms with Crippen LogP contribution < -0.4 is 9.47 Å². The lowest BCUT2D eigenvalue weighted by atomic mass is 10.2. The molecule has 0 atom stereocenters. The number of aromatic hydroxyl groups is 1. The molecule has 0 unspecified atom stereocenters. The minimum Gasteiger partial charge on any atom is -0.497 e. The fourth-order valence-electron chi connectivity index (χ4n) is 3.07. The average molecular weight is 395 g/mol. The number of carbonyl (C=O) groups excluding carboxylic acids is 1. The van der Waals surface area contributed by atoms with Gasteiger partial charge < -0.3 is 19.1 Å². The summed E-state index contributed by atoms with van der Waals surface area (Å²) in [6, 6.07) is 12.9. The number of para-hydroxylation sites is 1. The number of fused-ring (bicyclic) bond motifs is 1. The maximum atomic E-state index is 12.2. The topological polar surface area (TPSA) is 85.4 Å². The summed E-state index contributed by atoms with van der Waals surface area (Å²) in [6.45, 7) is 6.39. The first-order valence-electron chi connectivity index (χ1n) is 9.43. The predicted molar refractivity (Wildman–Crippen MR) is 111 cm³/mol. The molecule has 0 radical (unpaired) electrons. The number of rotatable bonds is 7. The number of azo groups is 1. The van der Waals surface area contributed by atoms with Gasteiger partial charge in [-0.25, -0.2) is 0 Å². The normalized spacial score (nSPS) is 11.5. The van der Waals surface area contributed by atoms with Crippen LogP contribution in [0.25, 0.3) is 10.9 Å². The molecule has 1 heterocycles. The van der Waals surface area contributed by atoms with E-state index in [0.29, 0.717) is 29.3 Å². The zero-order chi connectivity index (χ0) is 21.0. The van der Waals surface area contributed by atoms with Crippen LogP contribution in [0.2, 0.25) is 0 Å². The standard InChI is InChI=1S/C22H25N3O4/c1-14(2)12-25-18-10-9-16(28-4)11-17(18)21(22(25)27)24-23-20(26)13-29-19-8-6-5-7-15(19)3/h5-11,14,27H,12-13H2,1-4H3. The van der Waals surface area contributed by atoms with Crippen LogP contribution in [0.3, 0.4) is 0 Å². The summed E-state index contributed by atoms with van der Waals surface area (Å²) in [6.07, 6.45) is 0. The van der Waals surface area contributed by atoms with Crippen LogP contribution in [0.1, 0.15) is 19.4 Å². The van der Waals surface area contributed by atoms with E-state index in [2.05, 4.69) is 24.1 Å². The Labute approximate surface area is 169 Å². The summed E-state index contributed by atoms with van der Waals surface area (Å²) < 4.78 is 12.6. The molecule has 0 spiro atoms. The van der Waals surface area contributed by atoms with Gasteiger partial charge in [0, 0.05) is 11.9 Å². The monoisotopic (exact) mass is 395 g/mol. The smallest absolute Gasteiger partial charge is 0.302 e. The first-order valence-corrected chi connectivity index (χ1v) is 9.43. The van der Waals surface area contributed by atoms with Crippen molar-refractivity contribution in [2.24, 2.45) is 16.1 Å². The van der Waals surface area contributed by atoms with Crippen molar-refractivity contribution in [3.63, 3.8) is 0 Å². The molecule has 152 valence electrons. The number of benzene rings is 2. The second kappa shape index (κ2) is 8.77. The summed E-state index contributed by atoms with van der Waals surface area (Å²) >= 11 is 0. The minimum atomic E-state index is -0.541. The number of amides is 1. The molecule has 0 aliphatic carbocycles. The van der Waals surface area contributed by atoms with E-state index in [1.54, 1.807) is 23.8 Å². The summed E-state index contributed by atoms with van der Waals surface area (Å²) in [5.74, 6) is 0.994. The Bertz CT molecular complexity index is 1050. The minimum absolute atomic E-state index is 0.0293. The molecule has 2 aromatic carbocycles. The SMILES string of the molecule is COc1ccc2c(c1)c(N=NC(=O)COc1ccccc1C)c(O)n2CC(C)C. The van der Waals surface area contributed by atoms with Gasteiger partial charge in [-0.15, -0.1) is 10.2 Å². The third-order valence-corrected chi connectivity index (χ3v) is 4.47. The van der Waals surface area contributed by atoms with Crippen molar-refractivity contribution in [3.8, 4) is 17.4 Å². The first-order chi connectivity index (χ1) is 13.9. The zero-order valence-corrected chi connectivity index (χ0v) is 17.0. The van der Waals surface area contributed by atoms with E-state index in [1.165, 1.54) is 0 Å². The summed E-state index contributed by atoms with van der Waals surface area (Å²) in [4.78, 5) is 12.2. The average Bonchev–Trinajstić information content (AvgIpc) is 2.95. The van der Waals surface area contributed by atoms with E-state index in [9.17, 15) is 9.90 Å². The van der Waals surface area contributed by atoms with E-state index in [-0.39, 0.29) is 18.2 Å². The highest BCUT2D eigenvalue weighted by Gasteiger charge is 2.18. The number of aryl methyl sites for hydroxylation is 1. The van der Waals surface area contributed by atoms with Gasteiger partial charge in [-0.1, -0.05) is 32.0 Å². The molecule has 3 rings (SSSR count). The Morgan fingerprint density at radius 1 is 1.21 bits per heavy atom. The van der Waals surface area contributed by atoms with Gasteiger partial charge in [0.1, 0.15) is 11.5 Å². The van der Waals surface area contributed by atoms with Crippen molar-refractivity contribution in [3.05, 3.63) is 48.0 Å². The Balaban J connectivity index is 1.87. The van der Waals surface area contributed by atoms with Crippen molar-refractivity contribution >= 4 is 22.5 Å². The van der Waals surface area contributed by atoms with E-state index < -0.39 is 5.91 Å². The maximum Gasteiger partial charge on any atom is 0.302 e. The molecule has 7 nitrogen and oxygen atoms in total. The molecule has 7 heteroatoms. The highest BCUT2D eigenvalue weighted by atomic mass is 16.5. The molecular formula is C22H25N3O4. The summed E-state index contributed by atoms with van der Waals surface area (Å²) in [5, 5.41) is 19.2. The number of nitrogens with zero attached hydrogens (tertiary/aromatic N) is 3. The number of hydrogen-bond donors (Lipinski definition) is 1. The second-order valence-corrected chi connectivity index (χ2v) is 7.21. The number of carbonyl (C=O) groups is 1. The summed E-state index contributed by atoms with van der Waals surface area (Å²) in [5.41, 5.74) is 1.97. The Hall–Kier alpha value is -3.35. The largest absolute Gasteiger partial charge is 0.497 e. The summed E-state index contributed by atoms with van der Waals surface area (Å²) in [7, 11) is 1.57. The van der Waals surface area contributed by atoms with Crippen molar-refractivity contribution in [1.82, 2.24) is 4.57 Å². The molecule has 0 saturated heterocycles. The lowest BCUT2D eigenvalue weighted by Gasteiger charge is -2.09. The molecule has 1 aromatic heterocycles. The molecule has 0 fully saturated rings. The van der Waals surface area contributed by atoms with Crippen LogP contribution in [0.15, 0.2) is 52.7 Å². The zero-order valence-electron chi connectivity index (χ0n) is 17.0. The fraction of sp³-hybridized carbons (Fsp3) is 0.318. The molecule has 0 bridgehead atoms. The molecule has 3 aromatic rings. The van der Waals surface area contributed by atoms with E-state index in [1.807, 2.05) is 37.3 Å². The number of methoxy groups -OCH3 is 1. The van der Waals surface area contributed by atoms with Gasteiger partial charge in [0.15, 0.2) is 12.3 Å². The fourth-order valence-corrected chi connectivity index (χ4v) is 3.07. The van der Waals surface area contributed by atoms with E-state index in [4.69, 9.17) is 9.47 Å². The van der Waals surface area contributed by atoms with Gasteiger partial charge in [-0.05, 0) is 42.7 Å². The number of ether oxygens (including phenoxy) is 2. The first kappa shape index (κ1) is 20.4. The lowest BCUT2D eigenvalue weighted by Crippen LogP contribution is -2.08. The highest BCUT2D eigenvalue weighted by molar-refractivity contribution is 5.96. The molecule has 0 saturated carbocycles. The third kappa shape index (κ3) is 4.56. The van der Waals surface area contributed by atoms with Gasteiger partial charge in [-0.3, -0.25) is 4.79 Å². The van der Waals surface area contributed by atoms with Gasteiger partial charge in [0.2, 0.25) is 5.88 Å². The van der Waals surface area contributed by atoms with Crippen LogP contribution in [-0.2, 0) is 11.3 Å². The van der Waals surface area contributed by atoms with Crippen LogP contribution >= 0.6 is 0 Å². The van der Waals surface area contributed by atoms with E-state index in [0.717, 1.165) is 11.1 Å². The molecule has 29 heavy (non-hydrogen) atoms. The number of hydrogen-bond acceptors (Lipinski definition) is 5. The molecule has 1 amide bonds. The van der Waals surface area contributed by atoms with E-state index >= 15 is 0 Å². The van der Waals surface area contributed by atoms with Crippen molar-refractivity contribution in [2.75, 3.05) is 13.7 Å². The van der Waals surface area contributed by atoms with Crippen LogP contribution in [0.5, 0.6) is 17.4 Å². The second-order valence-electron chi connectivity index (χ2n) is 7.21. The lowest BCUT2D eigenvalue weighted by molar-refractivity contribution is -0.120. The Morgan fingerprint density at radius 2 is 1.97 bits per heavy atom. The maximum absolute atomic E-state index is 12.2. The highest BCUT2D eigenvalue weighted by Crippen LogP contribution is 2.40. The van der Waals surface area contributed by atoms with Crippen LogP contribution in [0.4, 0.5) is 5.69 Å². The van der Waals surface area contributed by atoms with Crippen LogP contribution in [0, 0.1) is 12.8 Å². The molecule has 0 aliphatic rings. The number of aromatic nitrogens is 1. The van der Waals surface area contributed by atoms with Gasteiger partial charge >= 0.3 is 5.91 Å². The Morgan fingerprint density at radius 3 is 2.66 bits per heavy atom. The molecule has 0 aliphatic heterocycles. The molecule has 1 N–H and O–H groups in total. The van der Waals surface area contributed by atoms with Gasteiger partial charge in [-0.2, -0.15) is 0 Å². The molecular weight excluding hydrogens is 370 g/mol.